The number of amides is 2. The molecule has 0 saturated carbocycles. The van der Waals surface area contributed by atoms with E-state index >= 15 is 0 Å². The van der Waals surface area contributed by atoms with Crippen LogP contribution in [-0.4, -0.2) is 62.1 Å². The van der Waals surface area contributed by atoms with Gasteiger partial charge in [-0.3, -0.25) is 9.59 Å². The number of rotatable bonds is 8. The highest BCUT2D eigenvalue weighted by Crippen LogP contribution is 2.10. The Hall–Kier alpha value is -1.63. The Balaban J connectivity index is 2.33. The summed E-state index contributed by atoms with van der Waals surface area (Å²) in [6, 6.07) is -0.688. The molecule has 2 amide bonds. The lowest BCUT2D eigenvalue weighted by Crippen LogP contribution is -2.44. The quantitative estimate of drug-likeness (QED) is 0.668. The smallest absolute Gasteiger partial charge is 0.328 e. The molecule has 1 rings (SSSR count). The van der Waals surface area contributed by atoms with Gasteiger partial charge < -0.3 is 19.7 Å². The SMILES string of the molecule is COC(=O)C(CC(C)C)NC(=O)COCC(=O)N1CCCCCC1. The monoisotopic (exact) mass is 342 g/mol. The van der Waals surface area contributed by atoms with E-state index in [4.69, 9.17) is 9.47 Å². The summed E-state index contributed by atoms with van der Waals surface area (Å²) in [5, 5.41) is 2.60. The summed E-state index contributed by atoms with van der Waals surface area (Å²) in [5.74, 6) is -0.747. The second-order valence-corrected chi connectivity index (χ2v) is 6.56. The molecular formula is C17H30N2O5. The molecule has 0 spiro atoms. The van der Waals surface area contributed by atoms with E-state index in [-0.39, 0.29) is 25.0 Å². The van der Waals surface area contributed by atoms with Gasteiger partial charge in [0.15, 0.2) is 0 Å². The normalized spacial score (nSPS) is 16.4. The van der Waals surface area contributed by atoms with Gasteiger partial charge in [0.1, 0.15) is 19.3 Å². The average molecular weight is 342 g/mol. The van der Waals surface area contributed by atoms with Crippen LogP contribution in [0.5, 0.6) is 0 Å². The number of hydrogen-bond acceptors (Lipinski definition) is 5. The van der Waals surface area contributed by atoms with Gasteiger partial charge in [0.2, 0.25) is 11.8 Å². The standard InChI is InChI=1S/C17H30N2O5/c1-13(2)10-14(17(22)23-3)18-15(20)11-24-12-16(21)19-8-6-4-5-7-9-19/h13-14H,4-12H2,1-3H3,(H,18,20). The summed E-state index contributed by atoms with van der Waals surface area (Å²) >= 11 is 0. The van der Waals surface area contributed by atoms with E-state index in [1.165, 1.54) is 7.11 Å². The molecule has 138 valence electrons. The third-order valence-corrected chi connectivity index (χ3v) is 3.95. The van der Waals surface area contributed by atoms with E-state index in [2.05, 4.69) is 5.32 Å². The Kier molecular flexibility index (Phi) is 9.37. The molecule has 0 aromatic carbocycles. The van der Waals surface area contributed by atoms with Crippen molar-refractivity contribution in [2.24, 2.45) is 5.92 Å². The molecule has 1 aliphatic heterocycles. The molecule has 1 fully saturated rings. The number of carbonyl (C=O) groups excluding carboxylic acids is 3. The Labute approximate surface area is 144 Å². The highest BCUT2D eigenvalue weighted by Gasteiger charge is 2.23. The number of nitrogens with one attached hydrogen (secondary N) is 1. The van der Waals surface area contributed by atoms with E-state index in [1.807, 2.05) is 13.8 Å². The van der Waals surface area contributed by atoms with Crippen molar-refractivity contribution >= 4 is 17.8 Å². The minimum Gasteiger partial charge on any atom is -0.467 e. The largest absolute Gasteiger partial charge is 0.467 e. The van der Waals surface area contributed by atoms with Crippen LogP contribution >= 0.6 is 0 Å². The van der Waals surface area contributed by atoms with Crippen LogP contribution in [0.1, 0.15) is 46.0 Å². The molecule has 1 heterocycles. The van der Waals surface area contributed by atoms with Crippen molar-refractivity contribution in [3.63, 3.8) is 0 Å². The van der Waals surface area contributed by atoms with Crippen molar-refractivity contribution < 1.29 is 23.9 Å². The number of methoxy groups -OCH3 is 1. The predicted molar refractivity (Wildman–Crippen MR) is 89.3 cm³/mol. The molecule has 1 aliphatic rings. The van der Waals surface area contributed by atoms with Gasteiger partial charge in [-0.2, -0.15) is 0 Å². The van der Waals surface area contributed by atoms with Crippen molar-refractivity contribution in [1.82, 2.24) is 10.2 Å². The lowest BCUT2D eigenvalue weighted by Gasteiger charge is -2.20. The Morgan fingerprint density at radius 1 is 1.04 bits per heavy atom. The number of likely N-dealkylation sites (tertiary alicyclic amines) is 1. The third-order valence-electron chi connectivity index (χ3n) is 3.95. The number of nitrogens with zero attached hydrogens (tertiary/aromatic N) is 1. The topological polar surface area (TPSA) is 84.9 Å². The van der Waals surface area contributed by atoms with Crippen LogP contribution in [0.2, 0.25) is 0 Å². The summed E-state index contributed by atoms with van der Waals surface area (Å²) in [6.07, 6.45) is 4.82. The van der Waals surface area contributed by atoms with Crippen molar-refractivity contribution in [1.29, 1.82) is 0 Å². The second-order valence-electron chi connectivity index (χ2n) is 6.56. The maximum atomic E-state index is 12.0. The molecule has 7 nitrogen and oxygen atoms in total. The van der Waals surface area contributed by atoms with E-state index in [1.54, 1.807) is 4.90 Å². The maximum Gasteiger partial charge on any atom is 0.328 e. The number of ether oxygens (including phenoxy) is 2. The summed E-state index contributed by atoms with van der Waals surface area (Å²) < 4.78 is 9.91. The van der Waals surface area contributed by atoms with E-state index in [0.29, 0.717) is 6.42 Å². The first-order valence-electron chi connectivity index (χ1n) is 8.66. The van der Waals surface area contributed by atoms with Crippen molar-refractivity contribution in [3.05, 3.63) is 0 Å². The summed E-state index contributed by atoms with van der Waals surface area (Å²) in [7, 11) is 1.29. The third kappa shape index (κ3) is 7.77. The fourth-order valence-electron chi connectivity index (χ4n) is 2.71. The molecule has 7 heteroatoms. The van der Waals surface area contributed by atoms with Gasteiger partial charge in [0.25, 0.3) is 0 Å². The molecule has 0 bridgehead atoms. The minimum atomic E-state index is -0.688. The number of carbonyl (C=O) groups is 3. The first kappa shape index (κ1) is 20.4. The van der Waals surface area contributed by atoms with Crippen LogP contribution in [0.3, 0.4) is 0 Å². The predicted octanol–water partition coefficient (Wildman–Crippen LogP) is 1.11. The zero-order chi connectivity index (χ0) is 17.9. The lowest BCUT2D eigenvalue weighted by atomic mass is 10.0. The molecular weight excluding hydrogens is 312 g/mol. The van der Waals surface area contributed by atoms with Crippen molar-refractivity contribution in [2.45, 2.75) is 52.0 Å². The Bertz CT molecular complexity index is 417. The van der Waals surface area contributed by atoms with Crippen LogP contribution in [0, 0.1) is 5.92 Å². The Morgan fingerprint density at radius 2 is 1.67 bits per heavy atom. The summed E-state index contributed by atoms with van der Waals surface area (Å²) in [4.78, 5) is 37.4. The van der Waals surface area contributed by atoms with Gasteiger partial charge in [0, 0.05) is 13.1 Å². The molecule has 1 N–H and O–H groups in total. The van der Waals surface area contributed by atoms with Gasteiger partial charge >= 0.3 is 5.97 Å². The van der Waals surface area contributed by atoms with Crippen molar-refractivity contribution in [2.75, 3.05) is 33.4 Å². The molecule has 1 saturated heterocycles. The summed E-state index contributed by atoms with van der Waals surface area (Å²) in [6.45, 7) is 5.07. The molecule has 1 atom stereocenters. The molecule has 0 aromatic heterocycles. The molecule has 0 aromatic rings. The van der Waals surface area contributed by atoms with Gasteiger partial charge in [-0.05, 0) is 25.2 Å². The molecule has 24 heavy (non-hydrogen) atoms. The zero-order valence-electron chi connectivity index (χ0n) is 15.0. The molecule has 0 aliphatic carbocycles. The van der Waals surface area contributed by atoms with Gasteiger partial charge in [-0.15, -0.1) is 0 Å². The molecule has 0 radical (unpaired) electrons. The van der Waals surface area contributed by atoms with Crippen LogP contribution in [0.4, 0.5) is 0 Å². The zero-order valence-corrected chi connectivity index (χ0v) is 15.0. The van der Waals surface area contributed by atoms with E-state index < -0.39 is 17.9 Å². The molecule has 1 unspecified atom stereocenters. The van der Waals surface area contributed by atoms with Crippen LogP contribution in [-0.2, 0) is 23.9 Å². The fraction of sp³-hybridized carbons (Fsp3) is 0.824. The highest BCUT2D eigenvalue weighted by molar-refractivity contribution is 5.85. The van der Waals surface area contributed by atoms with Gasteiger partial charge in [-0.1, -0.05) is 26.7 Å². The van der Waals surface area contributed by atoms with Gasteiger partial charge in [-0.25, -0.2) is 4.79 Å². The first-order chi connectivity index (χ1) is 11.4. The van der Waals surface area contributed by atoms with Crippen LogP contribution < -0.4 is 5.32 Å². The van der Waals surface area contributed by atoms with Crippen LogP contribution in [0.25, 0.3) is 0 Å². The highest BCUT2D eigenvalue weighted by atomic mass is 16.5. The second kappa shape index (κ2) is 11.0. The lowest BCUT2D eigenvalue weighted by molar-refractivity contribution is -0.147. The fourth-order valence-corrected chi connectivity index (χ4v) is 2.71. The summed E-state index contributed by atoms with van der Waals surface area (Å²) in [5.41, 5.74) is 0. The minimum absolute atomic E-state index is 0.0867. The maximum absolute atomic E-state index is 12.0. The number of esters is 1. The first-order valence-corrected chi connectivity index (χ1v) is 8.66. The Morgan fingerprint density at radius 3 is 2.21 bits per heavy atom. The van der Waals surface area contributed by atoms with Crippen LogP contribution in [0.15, 0.2) is 0 Å². The van der Waals surface area contributed by atoms with Gasteiger partial charge in [0.05, 0.1) is 7.11 Å². The van der Waals surface area contributed by atoms with Crippen molar-refractivity contribution in [3.8, 4) is 0 Å². The number of hydrogen-bond donors (Lipinski definition) is 1. The average Bonchev–Trinajstić information content (AvgIpc) is 2.82. The van der Waals surface area contributed by atoms with E-state index in [0.717, 1.165) is 38.8 Å². The van der Waals surface area contributed by atoms with E-state index in [9.17, 15) is 14.4 Å².